The molecule has 0 aliphatic rings. The highest BCUT2D eigenvalue weighted by Crippen LogP contribution is 2.12. The number of benzene rings is 2. The van der Waals surface area contributed by atoms with Gasteiger partial charge < -0.3 is 17.2 Å². The Labute approximate surface area is 130 Å². The van der Waals surface area contributed by atoms with Gasteiger partial charge in [0.05, 0.1) is 6.04 Å². The van der Waals surface area contributed by atoms with Crippen molar-refractivity contribution in [3.05, 3.63) is 71.8 Å². The summed E-state index contributed by atoms with van der Waals surface area (Å²) in [6.45, 7) is 0. The van der Waals surface area contributed by atoms with E-state index in [2.05, 4.69) is 34.3 Å². The summed E-state index contributed by atoms with van der Waals surface area (Å²) in [6, 6.07) is 20.3. The Bertz CT molecular complexity index is 589. The second-order valence-electron chi connectivity index (χ2n) is 5.06. The number of guanidine groups is 2. The van der Waals surface area contributed by atoms with Crippen LogP contribution in [0.5, 0.6) is 0 Å². The summed E-state index contributed by atoms with van der Waals surface area (Å²) in [5.41, 5.74) is 18.9. The summed E-state index contributed by atoms with van der Waals surface area (Å²) in [7, 11) is 0. The van der Waals surface area contributed by atoms with E-state index < -0.39 is 0 Å². The zero-order valence-electron chi connectivity index (χ0n) is 12.4. The normalized spacial score (nSPS) is 11.4. The average molecular weight is 295 g/mol. The summed E-state index contributed by atoms with van der Waals surface area (Å²) < 4.78 is 0. The van der Waals surface area contributed by atoms with Crippen LogP contribution in [0.3, 0.4) is 0 Å². The summed E-state index contributed by atoms with van der Waals surface area (Å²) in [6.07, 6.45) is 1.55. The van der Waals surface area contributed by atoms with Gasteiger partial charge in [-0.15, -0.1) is 0 Å². The molecule has 0 atom stereocenters. The third kappa shape index (κ3) is 5.28. The van der Waals surface area contributed by atoms with E-state index in [4.69, 9.17) is 17.2 Å². The molecule has 0 aliphatic heterocycles. The van der Waals surface area contributed by atoms with Crippen LogP contribution in [-0.2, 0) is 12.8 Å². The van der Waals surface area contributed by atoms with Gasteiger partial charge in [0.25, 0.3) is 0 Å². The van der Waals surface area contributed by atoms with Gasteiger partial charge in [-0.05, 0) is 24.0 Å². The number of nitrogens with zero attached hydrogens (tertiary/aromatic N) is 2. The molecular formula is C17H21N5. The Morgan fingerprint density at radius 2 is 1.23 bits per heavy atom. The number of hydrogen-bond donors (Lipinski definition) is 3. The van der Waals surface area contributed by atoms with E-state index in [1.54, 1.807) is 0 Å². The average Bonchev–Trinajstić information content (AvgIpc) is 2.48. The summed E-state index contributed by atoms with van der Waals surface area (Å²) >= 11 is 0. The van der Waals surface area contributed by atoms with Gasteiger partial charge >= 0.3 is 0 Å². The molecule has 0 unspecified atom stereocenters. The van der Waals surface area contributed by atoms with Crippen molar-refractivity contribution in [2.75, 3.05) is 0 Å². The van der Waals surface area contributed by atoms with Gasteiger partial charge in [-0.3, -0.25) is 0 Å². The Morgan fingerprint density at radius 1 is 0.773 bits per heavy atom. The fourth-order valence-corrected chi connectivity index (χ4v) is 2.28. The number of rotatable bonds is 5. The van der Waals surface area contributed by atoms with Gasteiger partial charge in [-0.25, -0.2) is 4.99 Å². The minimum Gasteiger partial charge on any atom is -0.370 e. The van der Waals surface area contributed by atoms with Crippen molar-refractivity contribution in [1.82, 2.24) is 0 Å². The van der Waals surface area contributed by atoms with E-state index in [1.165, 1.54) is 11.1 Å². The quantitative estimate of drug-likeness (QED) is 0.574. The van der Waals surface area contributed by atoms with Crippen LogP contribution < -0.4 is 17.2 Å². The highest BCUT2D eigenvalue weighted by atomic mass is 15.1. The fourth-order valence-electron chi connectivity index (χ4n) is 2.28. The SMILES string of the molecule is NC(N)=NC(N)=NC(Cc1ccccc1)Cc1ccccc1. The third-order valence-corrected chi connectivity index (χ3v) is 3.19. The monoisotopic (exact) mass is 295 g/mol. The summed E-state index contributed by atoms with van der Waals surface area (Å²) in [5.74, 6) is 0.0243. The van der Waals surface area contributed by atoms with E-state index in [9.17, 15) is 0 Å². The molecule has 0 fully saturated rings. The first-order chi connectivity index (χ1) is 10.6. The van der Waals surface area contributed by atoms with E-state index in [1.807, 2.05) is 36.4 Å². The van der Waals surface area contributed by atoms with Crippen LogP contribution in [-0.4, -0.2) is 18.0 Å². The molecule has 0 bridgehead atoms. The molecule has 22 heavy (non-hydrogen) atoms. The highest BCUT2D eigenvalue weighted by Gasteiger charge is 2.10. The van der Waals surface area contributed by atoms with E-state index in [0.717, 1.165) is 12.8 Å². The number of aliphatic imine (C=N–C) groups is 2. The fraction of sp³-hybridized carbons (Fsp3) is 0.176. The molecular weight excluding hydrogens is 274 g/mol. The van der Waals surface area contributed by atoms with Crippen LogP contribution in [0, 0.1) is 0 Å². The minimum absolute atomic E-state index is 0.0205. The molecule has 0 aliphatic carbocycles. The second-order valence-corrected chi connectivity index (χ2v) is 5.06. The lowest BCUT2D eigenvalue weighted by Crippen LogP contribution is -2.27. The second kappa shape index (κ2) is 7.83. The Hall–Kier alpha value is -2.82. The first-order valence-corrected chi connectivity index (χ1v) is 7.14. The molecule has 2 aromatic rings. The molecule has 0 heterocycles. The molecule has 0 amide bonds. The van der Waals surface area contributed by atoms with Crippen molar-refractivity contribution in [2.24, 2.45) is 27.2 Å². The van der Waals surface area contributed by atoms with Crippen molar-refractivity contribution >= 4 is 11.9 Å². The zero-order chi connectivity index (χ0) is 15.8. The molecule has 0 spiro atoms. The predicted octanol–water partition coefficient (Wildman–Crippen LogP) is 1.43. The summed E-state index contributed by atoms with van der Waals surface area (Å²) in [4.78, 5) is 8.25. The third-order valence-electron chi connectivity index (χ3n) is 3.19. The zero-order valence-corrected chi connectivity index (χ0v) is 12.4. The maximum absolute atomic E-state index is 5.79. The first-order valence-electron chi connectivity index (χ1n) is 7.14. The maximum Gasteiger partial charge on any atom is 0.218 e. The van der Waals surface area contributed by atoms with Gasteiger partial charge in [0, 0.05) is 0 Å². The van der Waals surface area contributed by atoms with Crippen LogP contribution in [0.1, 0.15) is 11.1 Å². The molecule has 0 saturated carbocycles. The molecule has 0 aromatic heterocycles. The lowest BCUT2D eigenvalue weighted by molar-refractivity contribution is 0.665. The molecule has 0 saturated heterocycles. The molecule has 5 nitrogen and oxygen atoms in total. The minimum atomic E-state index is -0.0839. The van der Waals surface area contributed by atoms with Gasteiger partial charge in [0.15, 0.2) is 5.96 Å². The van der Waals surface area contributed by atoms with Crippen molar-refractivity contribution in [2.45, 2.75) is 18.9 Å². The van der Waals surface area contributed by atoms with Crippen LogP contribution >= 0.6 is 0 Å². The molecule has 5 heteroatoms. The Morgan fingerprint density at radius 3 is 1.64 bits per heavy atom. The lowest BCUT2D eigenvalue weighted by Gasteiger charge is -2.13. The Kier molecular flexibility index (Phi) is 5.54. The molecule has 114 valence electrons. The molecule has 0 radical (unpaired) electrons. The molecule has 2 rings (SSSR count). The highest BCUT2D eigenvalue weighted by molar-refractivity contribution is 5.92. The Balaban J connectivity index is 2.18. The van der Waals surface area contributed by atoms with Gasteiger partial charge in [-0.2, -0.15) is 4.99 Å². The van der Waals surface area contributed by atoms with Crippen LogP contribution in [0.2, 0.25) is 0 Å². The van der Waals surface area contributed by atoms with Crippen molar-refractivity contribution in [3.63, 3.8) is 0 Å². The first kappa shape index (κ1) is 15.6. The van der Waals surface area contributed by atoms with Gasteiger partial charge in [0.2, 0.25) is 5.96 Å². The van der Waals surface area contributed by atoms with Crippen molar-refractivity contribution in [3.8, 4) is 0 Å². The van der Waals surface area contributed by atoms with E-state index in [0.29, 0.717) is 0 Å². The summed E-state index contributed by atoms with van der Waals surface area (Å²) in [5, 5.41) is 0. The smallest absolute Gasteiger partial charge is 0.218 e. The van der Waals surface area contributed by atoms with Gasteiger partial charge in [0.1, 0.15) is 0 Å². The van der Waals surface area contributed by atoms with E-state index in [-0.39, 0.29) is 18.0 Å². The van der Waals surface area contributed by atoms with Crippen LogP contribution in [0.25, 0.3) is 0 Å². The molecule has 6 N–H and O–H groups in total. The largest absolute Gasteiger partial charge is 0.370 e. The number of nitrogens with two attached hydrogens (primary N) is 3. The lowest BCUT2D eigenvalue weighted by atomic mass is 9.99. The topological polar surface area (TPSA) is 103 Å². The van der Waals surface area contributed by atoms with Crippen molar-refractivity contribution in [1.29, 1.82) is 0 Å². The van der Waals surface area contributed by atoms with Gasteiger partial charge in [-0.1, -0.05) is 60.7 Å². The predicted molar refractivity (Wildman–Crippen MR) is 91.5 cm³/mol. The van der Waals surface area contributed by atoms with Crippen molar-refractivity contribution < 1.29 is 0 Å². The standard InChI is InChI=1S/C17H21N5/c18-16(19)22-17(20)21-15(11-13-7-3-1-4-8-13)12-14-9-5-2-6-10-14/h1-10,15H,11-12H2,(H6,18,19,20,21,22). The maximum atomic E-state index is 5.79. The van der Waals surface area contributed by atoms with E-state index >= 15 is 0 Å². The number of hydrogen-bond acceptors (Lipinski definition) is 1. The molecule has 2 aromatic carbocycles. The van der Waals surface area contributed by atoms with Crippen LogP contribution in [0.15, 0.2) is 70.6 Å². The van der Waals surface area contributed by atoms with Crippen LogP contribution in [0.4, 0.5) is 0 Å².